The molecule has 2 aromatic rings. The maximum atomic E-state index is 5.51. The minimum Gasteiger partial charge on any atom is -0.468 e. The van der Waals surface area contributed by atoms with E-state index in [1.54, 1.807) is 13.3 Å². The second-order valence-electron chi connectivity index (χ2n) is 5.30. The second kappa shape index (κ2) is 10.3. The van der Waals surface area contributed by atoms with Crippen molar-refractivity contribution in [1.29, 1.82) is 0 Å². The molecule has 0 radical (unpaired) electrons. The molecule has 0 aliphatic carbocycles. The fourth-order valence-electron chi connectivity index (χ4n) is 2.26. The lowest BCUT2D eigenvalue weighted by Crippen LogP contribution is -2.42. The molecule has 0 saturated heterocycles. The van der Waals surface area contributed by atoms with Crippen LogP contribution in [-0.2, 0) is 6.54 Å². The highest BCUT2D eigenvalue weighted by molar-refractivity contribution is 14.0. The third-order valence-corrected chi connectivity index (χ3v) is 3.51. The molecule has 6 nitrogen and oxygen atoms in total. The molecule has 2 N–H and O–H groups in total. The Morgan fingerprint density at radius 2 is 2.00 bits per heavy atom. The number of aromatic nitrogens is 1. The van der Waals surface area contributed by atoms with Gasteiger partial charge in [0.1, 0.15) is 5.76 Å². The van der Waals surface area contributed by atoms with Gasteiger partial charge < -0.3 is 19.6 Å². The number of likely N-dealkylation sites (N-methyl/N-ethyl adjacent to an activating group) is 1. The maximum absolute atomic E-state index is 5.51. The van der Waals surface area contributed by atoms with Gasteiger partial charge in [-0.1, -0.05) is 0 Å². The predicted molar refractivity (Wildman–Crippen MR) is 104 cm³/mol. The summed E-state index contributed by atoms with van der Waals surface area (Å²) in [5.74, 6) is 1.74. The molecule has 7 heteroatoms. The van der Waals surface area contributed by atoms with Crippen molar-refractivity contribution in [2.45, 2.75) is 12.6 Å². The number of rotatable bonds is 7. The van der Waals surface area contributed by atoms with Crippen LogP contribution < -0.4 is 10.6 Å². The monoisotopic (exact) mass is 431 g/mol. The molecule has 0 fully saturated rings. The highest BCUT2D eigenvalue weighted by atomic mass is 127. The summed E-state index contributed by atoms with van der Waals surface area (Å²) in [6.45, 7) is 2.45. The predicted octanol–water partition coefficient (Wildman–Crippen LogP) is 2.17. The lowest BCUT2D eigenvalue weighted by molar-refractivity contribution is 0.258. The van der Waals surface area contributed by atoms with Crippen LogP contribution in [0.15, 0.2) is 52.3 Å². The zero-order valence-corrected chi connectivity index (χ0v) is 16.2. The number of nitrogens with one attached hydrogen (secondary N) is 2. The van der Waals surface area contributed by atoms with Crippen molar-refractivity contribution >= 4 is 29.9 Å². The molecule has 0 aliphatic heterocycles. The average molecular weight is 431 g/mol. The van der Waals surface area contributed by atoms with Gasteiger partial charge in [0.2, 0.25) is 0 Å². The number of aliphatic imine (C=N–C) groups is 1. The minimum atomic E-state index is 0. The molecule has 2 rings (SSSR count). The Hall–Kier alpha value is -1.48. The van der Waals surface area contributed by atoms with Gasteiger partial charge in [0.15, 0.2) is 5.96 Å². The smallest absolute Gasteiger partial charge is 0.191 e. The third kappa shape index (κ3) is 6.26. The molecule has 23 heavy (non-hydrogen) atoms. The first-order valence-electron chi connectivity index (χ1n) is 7.46. The van der Waals surface area contributed by atoms with Gasteiger partial charge in [0, 0.05) is 39.1 Å². The normalized spacial score (nSPS) is 12.8. The number of hydrogen-bond donors (Lipinski definition) is 2. The van der Waals surface area contributed by atoms with Crippen LogP contribution in [0.3, 0.4) is 0 Å². The Kier molecular flexibility index (Phi) is 8.78. The molecule has 1 atom stereocenters. The summed E-state index contributed by atoms with van der Waals surface area (Å²) in [6, 6.07) is 8.12. The molecule has 0 aromatic carbocycles. The van der Waals surface area contributed by atoms with Crippen LogP contribution in [0.25, 0.3) is 0 Å². The van der Waals surface area contributed by atoms with E-state index < -0.39 is 0 Å². The number of guanidine groups is 1. The van der Waals surface area contributed by atoms with Crippen LogP contribution in [0.4, 0.5) is 0 Å². The Balaban J connectivity index is 0.00000264. The number of halogens is 1. The second-order valence-corrected chi connectivity index (χ2v) is 5.30. The van der Waals surface area contributed by atoms with E-state index in [4.69, 9.17) is 4.42 Å². The highest BCUT2D eigenvalue weighted by Gasteiger charge is 2.17. The summed E-state index contributed by atoms with van der Waals surface area (Å²) in [7, 11) is 5.86. The Morgan fingerprint density at radius 3 is 2.57 bits per heavy atom. The van der Waals surface area contributed by atoms with E-state index in [2.05, 4.69) is 37.5 Å². The summed E-state index contributed by atoms with van der Waals surface area (Å²) in [5.41, 5.74) is 0. The molecular formula is C16H26IN5O. The molecule has 0 spiro atoms. The van der Waals surface area contributed by atoms with Crippen molar-refractivity contribution in [1.82, 2.24) is 20.1 Å². The quantitative estimate of drug-likeness (QED) is 0.401. The third-order valence-electron chi connectivity index (χ3n) is 3.51. The lowest BCUT2D eigenvalue weighted by Gasteiger charge is -2.23. The van der Waals surface area contributed by atoms with Gasteiger partial charge >= 0.3 is 0 Å². The molecule has 0 aliphatic rings. The first-order valence-corrected chi connectivity index (χ1v) is 7.46. The van der Waals surface area contributed by atoms with Crippen LogP contribution in [0.2, 0.25) is 0 Å². The molecule has 128 valence electrons. The van der Waals surface area contributed by atoms with Gasteiger partial charge in [-0.15, -0.1) is 24.0 Å². The van der Waals surface area contributed by atoms with E-state index >= 15 is 0 Å². The minimum absolute atomic E-state index is 0. The van der Waals surface area contributed by atoms with Crippen molar-refractivity contribution in [3.63, 3.8) is 0 Å². The van der Waals surface area contributed by atoms with Crippen LogP contribution in [0.5, 0.6) is 0 Å². The van der Waals surface area contributed by atoms with Crippen molar-refractivity contribution in [2.75, 3.05) is 34.2 Å². The van der Waals surface area contributed by atoms with Crippen molar-refractivity contribution in [2.24, 2.45) is 4.99 Å². The molecule has 2 aromatic heterocycles. The SMILES string of the molecule is CN=C(NCCn1cccc1)NCC(c1ccco1)N(C)C.I. The van der Waals surface area contributed by atoms with Crippen LogP contribution >= 0.6 is 24.0 Å². The molecular weight excluding hydrogens is 405 g/mol. The lowest BCUT2D eigenvalue weighted by atomic mass is 10.2. The molecule has 2 heterocycles. The van der Waals surface area contributed by atoms with Gasteiger partial charge in [-0.05, 0) is 38.4 Å². The zero-order chi connectivity index (χ0) is 15.8. The van der Waals surface area contributed by atoms with Gasteiger partial charge in [-0.2, -0.15) is 0 Å². The maximum Gasteiger partial charge on any atom is 0.191 e. The van der Waals surface area contributed by atoms with Gasteiger partial charge in [-0.3, -0.25) is 9.89 Å². The standard InChI is InChI=1S/C16H25N5O.HI/c1-17-16(18-8-11-21-9-4-5-10-21)19-13-14(20(2)3)15-7-6-12-22-15;/h4-7,9-10,12,14H,8,11,13H2,1-3H3,(H2,17,18,19);1H. The van der Waals surface area contributed by atoms with E-state index in [0.29, 0.717) is 0 Å². The van der Waals surface area contributed by atoms with Crippen molar-refractivity contribution in [3.05, 3.63) is 48.7 Å². The summed E-state index contributed by atoms with van der Waals surface area (Å²) < 4.78 is 7.64. The number of nitrogens with zero attached hydrogens (tertiary/aromatic N) is 3. The Bertz CT molecular complexity index is 551. The molecule has 0 amide bonds. The van der Waals surface area contributed by atoms with Gasteiger partial charge in [0.25, 0.3) is 0 Å². The van der Waals surface area contributed by atoms with E-state index in [1.807, 2.05) is 38.4 Å². The number of furan rings is 1. The van der Waals surface area contributed by atoms with Gasteiger partial charge in [0.05, 0.1) is 12.3 Å². The molecule has 0 bridgehead atoms. The summed E-state index contributed by atoms with van der Waals surface area (Å²) in [5, 5.41) is 6.66. The van der Waals surface area contributed by atoms with Crippen molar-refractivity contribution < 1.29 is 4.42 Å². The van der Waals surface area contributed by atoms with E-state index in [9.17, 15) is 0 Å². The molecule has 1 unspecified atom stereocenters. The van der Waals surface area contributed by atoms with Crippen LogP contribution in [-0.4, -0.2) is 49.7 Å². The Morgan fingerprint density at radius 1 is 1.26 bits per heavy atom. The van der Waals surface area contributed by atoms with E-state index in [1.165, 1.54) is 0 Å². The largest absolute Gasteiger partial charge is 0.468 e. The summed E-state index contributed by atoms with van der Waals surface area (Å²) >= 11 is 0. The van der Waals surface area contributed by atoms with E-state index in [0.717, 1.165) is 31.4 Å². The summed E-state index contributed by atoms with van der Waals surface area (Å²) in [4.78, 5) is 6.38. The fourth-order valence-corrected chi connectivity index (χ4v) is 2.26. The average Bonchev–Trinajstić information content (AvgIpc) is 3.18. The highest BCUT2D eigenvalue weighted by Crippen LogP contribution is 2.17. The topological polar surface area (TPSA) is 57.7 Å². The fraction of sp³-hybridized carbons (Fsp3) is 0.438. The number of hydrogen-bond acceptors (Lipinski definition) is 3. The van der Waals surface area contributed by atoms with E-state index in [-0.39, 0.29) is 30.0 Å². The zero-order valence-electron chi connectivity index (χ0n) is 13.9. The first-order chi connectivity index (χ1) is 10.7. The first kappa shape index (κ1) is 19.6. The van der Waals surface area contributed by atoms with Crippen LogP contribution in [0.1, 0.15) is 11.8 Å². The van der Waals surface area contributed by atoms with Crippen LogP contribution in [0, 0.1) is 0 Å². The molecule has 0 saturated carbocycles. The summed E-state index contributed by atoms with van der Waals surface area (Å²) in [6.07, 6.45) is 5.81. The van der Waals surface area contributed by atoms with Gasteiger partial charge in [-0.25, -0.2) is 0 Å². The van der Waals surface area contributed by atoms with Crippen molar-refractivity contribution in [3.8, 4) is 0 Å². The Labute approximate surface area is 155 Å².